The van der Waals surface area contributed by atoms with Crippen molar-refractivity contribution in [3.63, 3.8) is 0 Å². The quantitative estimate of drug-likeness (QED) is 0.784. The van der Waals surface area contributed by atoms with Crippen molar-refractivity contribution in [1.29, 1.82) is 0 Å². The Hall–Kier alpha value is -1.60. The second-order valence-corrected chi connectivity index (χ2v) is 7.22. The third kappa shape index (κ3) is 5.65. The van der Waals surface area contributed by atoms with E-state index in [4.69, 9.17) is 0 Å². The Bertz CT molecular complexity index is 583. The van der Waals surface area contributed by atoms with Crippen molar-refractivity contribution in [3.05, 3.63) is 24.3 Å². The summed E-state index contributed by atoms with van der Waals surface area (Å²) in [5.41, 5.74) is 1.80. The number of carbonyl (C=O) groups excluding carboxylic acids is 1. The summed E-state index contributed by atoms with van der Waals surface area (Å²) in [7, 11) is 0.642. The summed E-state index contributed by atoms with van der Waals surface area (Å²) in [6.45, 7) is 3.80. The topological polar surface area (TPSA) is 69.7 Å². The van der Waals surface area contributed by atoms with Crippen LogP contribution in [-0.4, -0.2) is 47.3 Å². The van der Waals surface area contributed by atoms with Gasteiger partial charge in [-0.15, -0.1) is 0 Å². The second-order valence-electron chi connectivity index (χ2n) is 5.29. The molecule has 1 amide bonds. The summed E-state index contributed by atoms with van der Waals surface area (Å²) in [6, 6.07) is 7.56. The number of rotatable bonds is 8. The van der Waals surface area contributed by atoms with Gasteiger partial charge in [-0.2, -0.15) is 0 Å². The fourth-order valence-corrected chi connectivity index (χ4v) is 3.14. The summed E-state index contributed by atoms with van der Waals surface area (Å²) in [5, 5.41) is 0. The van der Waals surface area contributed by atoms with Crippen LogP contribution in [0.4, 0.5) is 11.4 Å². The summed E-state index contributed by atoms with van der Waals surface area (Å²) in [6.07, 6.45) is 0.567. The van der Waals surface area contributed by atoms with E-state index in [0.717, 1.165) is 11.4 Å². The second kappa shape index (κ2) is 8.14. The maximum Gasteiger partial charge on any atom is 0.223 e. The molecule has 0 aliphatic carbocycles. The van der Waals surface area contributed by atoms with Gasteiger partial charge >= 0.3 is 0 Å². The lowest BCUT2D eigenvalue weighted by Gasteiger charge is -2.22. The molecule has 1 aromatic rings. The number of hydrogen-bond acceptors (Lipinski definition) is 4. The first-order valence-corrected chi connectivity index (χ1v) is 8.95. The smallest absolute Gasteiger partial charge is 0.223 e. The minimum atomic E-state index is -3.25. The highest BCUT2D eigenvalue weighted by molar-refractivity contribution is 7.89. The first-order chi connectivity index (χ1) is 10.3. The monoisotopic (exact) mass is 327 g/mol. The lowest BCUT2D eigenvalue weighted by molar-refractivity contribution is -0.116. The molecule has 0 spiro atoms. The fourth-order valence-electron chi connectivity index (χ4n) is 2.05. The lowest BCUT2D eigenvalue weighted by Crippen LogP contribution is -2.38. The molecule has 124 valence electrons. The largest absolute Gasteiger partial charge is 0.378 e. The molecule has 0 saturated heterocycles. The number of amides is 1. The molecule has 0 unspecified atom stereocenters. The molecule has 0 fully saturated rings. The molecule has 1 N–H and O–H groups in total. The minimum Gasteiger partial charge on any atom is -0.378 e. The third-order valence-electron chi connectivity index (χ3n) is 3.19. The van der Waals surface area contributed by atoms with Crippen LogP contribution in [0.15, 0.2) is 24.3 Å². The molecular formula is C15H25N3O3S. The number of carbonyl (C=O) groups is 1. The van der Waals surface area contributed by atoms with Gasteiger partial charge in [0.2, 0.25) is 15.9 Å². The van der Waals surface area contributed by atoms with Crippen molar-refractivity contribution in [1.82, 2.24) is 4.72 Å². The molecule has 0 saturated carbocycles. The molecule has 22 heavy (non-hydrogen) atoms. The first kappa shape index (κ1) is 18.4. The van der Waals surface area contributed by atoms with Crippen molar-refractivity contribution in [2.75, 3.05) is 42.7 Å². The van der Waals surface area contributed by atoms with Crippen LogP contribution in [0.3, 0.4) is 0 Å². The zero-order valence-corrected chi connectivity index (χ0v) is 14.5. The van der Waals surface area contributed by atoms with Gasteiger partial charge in [-0.3, -0.25) is 4.79 Å². The predicted octanol–water partition coefficient (Wildman–Crippen LogP) is 1.43. The SMILES string of the molecule is CCCS(=O)(=O)NCCN(C(C)=O)c1ccc(N(C)C)cc1. The molecule has 0 bridgehead atoms. The van der Waals surface area contributed by atoms with E-state index in [9.17, 15) is 13.2 Å². The van der Waals surface area contributed by atoms with Crippen LogP contribution in [0, 0.1) is 0 Å². The van der Waals surface area contributed by atoms with Crippen molar-refractivity contribution >= 4 is 27.3 Å². The lowest BCUT2D eigenvalue weighted by atomic mass is 10.2. The molecule has 0 aliphatic heterocycles. The van der Waals surface area contributed by atoms with Gasteiger partial charge in [0.05, 0.1) is 5.75 Å². The molecule has 0 aliphatic rings. The Morgan fingerprint density at radius 2 is 1.68 bits per heavy atom. The normalized spacial score (nSPS) is 11.3. The number of hydrogen-bond donors (Lipinski definition) is 1. The van der Waals surface area contributed by atoms with Gasteiger partial charge in [-0.25, -0.2) is 13.1 Å². The Labute approximate surface area is 133 Å². The average Bonchev–Trinajstić information content (AvgIpc) is 2.43. The number of nitrogens with zero attached hydrogens (tertiary/aromatic N) is 2. The van der Waals surface area contributed by atoms with Crippen LogP contribution in [0.1, 0.15) is 20.3 Å². The summed E-state index contributed by atoms with van der Waals surface area (Å²) >= 11 is 0. The highest BCUT2D eigenvalue weighted by atomic mass is 32.2. The van der Waals surface area contributed by atoms with Crippen LogP contribution < -0.4 is 14.5 Å². The molecule has 0 radical (unpaired) electrons. The summed E-state index contributed by atoms with van der Waals surface area (Å²) < 4.78 is 25.8. The summed E-state index contributed by atoms with van der Waals surface area (Å²) in [5.74, 6) is -0.0165. The van der Waals surface area contributed by atoms with Gasteiger partial charge in [0.25, 0.3) is 0 Å². The molecule has 6 nitrogen and oxygen atoms in total. The van der Waals surface area contributed by atoms with Crippen molar-refractivity contribution in [2.24, 2.45) is 0 Å². The van der Waals surface area contributed by atoms with Crippen molar-refractivity contribution in [2.45, 2.75) is 20.3 Å². The first-order valence-electron chi connectivity index (χ1n) is 7.29. The van der Waals surface area contributed by atoms with E-state index < -0.39 is 10.0 Å². The van der Waals surface area contributed by atoms with Gasteiger partial charge < -0.3 is 9.80 Å². The highest BCUT2D eigenvalue weighted by Gasteiger charge is 2.13. The van der Waals surface area contributed by atoms with E-state index in [1.54, 1.807) is 4.90 Å². The molecule has 1 rings (SSSR count). The Balaban J connectivity index is 2.72. The average molecular weight is 327 g/mol. The highest BCUT2D eigenvalue weighted by Crippen LogP contribution is 2.19. The van der Waals surface area contributed by atoms with Gasteiger partial charge in [0.15, 0.2) is 0 Å². The number of sulfonamides is 1. The van der Waals surface area contributed by atoms with Gasteiger partial charge in [0, 0.05) is 45.5 Å². The zero-order valence-electron chi connectivity index (χ0n) is 13.7. The third-order valence-corrected chi connectivity index (χ3v) is 4.78. The molecule has 7 heteroatoms. The van der Waals surface area contributed by atoms with Gasteiger partial charge in [-0.1, -0.05) is 6.92 Å². The van der Waals surface area contributed by atoms with E-state index in [1.807, 2.05) is 50.2 Å². The molecule has 0 aromatic heterocycles. The number of nitrogens with one attached hydrogen (secondary N) is 1. The minimum absolute atomic E-state index is 0.102. The maximum absolute atomic E-state index is 11.8. The standard InChI is InChI=1S/C15H25N3O3S/c1-5-12-22(20,21)16-10-11-18(13(2)19)15-8-6-14(7-9-15)17(3)4/h6-9,16H,5,10-12H2,1-4H3. The van der Waals surface area contributed by atoms with E-state index in [-0.39, 0.29) is 18.2 Å². The van der Waals surface area contributed by atoms with Gasteiger partial charge in [0.1, 0.15) is 0 Å². The van der Waals surface area contributed by atoms with Crippen LogP contribution >= 0.6 is 0 Å². The van der Waals surface area contributed by atoms with Crippen LogP contribution in [0.25, 0.3) is 0 Å². The Kier molecular flexibility index (Phi) is 6.83. The summed E-state index contributed by atoms with van der Waals surface area (Å²) in [4.78, 5) is 15.3. The van der Waals surface area contributed by atoms with Crippen molar-refractivity contribution < 1.29 is 13.2 Å². The Morgan fingerprint density at radius 1 is 1.14 bits per heavy atom. The van der Waals surface area contributed by atoms with Gasteiger partial charge in [-0.05, 0) is 30.7 Å². The molecular weight excluding hydrogens is 302 g/mol. The van der Waals surface area contributed by atoms with Crippen LogP contribution in [0.5, 0.6) is 0 Å². The Morgan fingerprint density at radius 3 is 2.14 bits per heavy atom. The maximum atomic E-state index is 11.8. The number of anilines is 2. The van der Waals surface area contributed by atoms with E-state index in [0.29, 0.717) is 13.0 Å². The van der Waals surface area contributed by atoms with E-state index in [1.165, 1.54) is 6.92 Å². The van der Waals surface area contributed by atoms with Crippen molar-refractivity contribution in [3.8, 4) is 0 Å². The van der Waals surface area contributed by atoms with E-state index in [2.05, 4.69) is 4.72 Å². The fraction of sp³-hybridized carbons (Fsp3) is 0.533. The predicted molar refractivity (Wildman–Crippen MR) is 90.9 cm³/mol. The van der Waals surface area contributed by atoms with E-state index >= 15 is 0 Å². The molecule has 1 aromatic carbocycles. The zero-order chi connectivity index (χ0) is 16.8. The van der Waals surface area contributed by atoms with Crippen LogP contribution in [0.2, 0.25) is 0 Å². The molecule has 0 atom stereocenters. The number of benzene rings is 1. The molecule has 0 heterocycles. The van der Waals surface area contributed by atoms with Crippen LogP contribution in [-0.2, 0) is 14.8 Å².